The Kier molecular flexibility index (Phi) is 4.92. The van der Waals surface area contributed by atoms with Crippen LogP contribution in [0, 0.1) is 5.82 Å². The van der Waals surface area contributed by atoms with Gasteiger partial charge in [-0.3, -0.25) is 4.99 Å². The first-order chi connectivity index (χ1) is 13.1. The average Bonchev–Trinajstić information content (AvgIpc) is 3.06. The number of rotatable bonds is 4. The minimum Gasteiger partial charge on any atom is -0.383 e. The van der Waals surface area contributed by atoms with Crippen molar-refractivity contribution in [2.45, 2.75) is 44.7 Å². The lowest BCUT2D eigenvalue weighted by Crippen LogP contribution is -2.26. The van der Waals surface area contributed by atoms with Gasteiger partial charge in [0.05, 0.1) is 12.6 Å². The molecule has 0 atom stereocenters. The second-order valence-corrected chi connectivity index (χ2v) is 7.51. The lowest BCUT2D eigenvalue weighted by Gasteiger charge is -2.18. The van der Waals surface area contributed by atoms with Crippen molar-refractivity contribution in [2.75, 3.05) is 0 Å². The van der Waals surface area contributed by atoms with Gasteiger partial charge in [0.2, 0.25) is 0 Å². The zero-order valence-electron chi connectivity index (χ0n) is 15.7. The van der Waals surface area contributed by atoms with E-state index in [2.05, 4.69) is 27.9 Å². The molecule has 140 valence electrons. The molecule has 0 unspecified atom stereocenters. The number of nitrogens with zero attached hydrogens (tertiary/aromatic N) is 3. The molecule has 2 aromatic heterocycles. The summed E-state index contributed by atoms with van der Waals surface area (Å²) in [5.41, 5.74) is 8.55. The molecule has 0 saturated heterocycles. The third kappa shape index (κ3) is 3.87. The van der Waals surface area contributed by atoms with E-state index in [0.717, 1.165) is 23.7 Å². The minimum absolute atomic E-state index is 0.239. The van der Waals surface area contributed by atoms with E-state index in [9.17, 15) is 4.39 Å². The Morgan fingerprint density at radius 3 is 2.81 bits per heavy atom. The second-order valence-electron chi connectivity index (χ2n) is 7.51. The van der Waals surface area contributed by atoms with E-state index in [4.69, 9.17) is 5.73 Å². The largest absolute Gasteiger partial charge is 0.383 e. The summed E-state index contributed by atoms with van der Waals surface area (Å²) in [5.74, 6) is 0.210. The van der Waals surface area contributed by atoms with E-state index in [-0.39, 0.29) is 11.9 Å². The Bertz CT molecular complexity index is 983. The van der Waals surface area contributed by atoms with E-state index in [1.54, 1.807) is 0 Å². The molecule has 3 aromatic rings. The molecule has 2 N–H and O–H groups in total. The third-order valence-corrected chi connectivity index (χ3v) is 5.44. The van der Waals surface area contributed by atoms with E-state index in [1.807, 2.05) is 36.1 Å². The average molecular weight is 365 g/mol. The highest BCUT2D eigenvalue weighted by Gasteiger charge is 2.14. The van der Waals surface area contributed by atoms with Crippen LogP contribution < -0.4 is 10.3 Å². The molecule has 4 nitrogen and oxygen atoms in total. The van der Waals surface area contributed by atoms with Crippen molar-refractivity contribution >= 4 is 16.7 Å². The number of hydrogen-bond donors (Lipinski definition) is 1. The fraction of sp³-hybridized carbons (Fsp3) is 0.364. The first-order valence-corrected chi connectivity index (χ1v) is 9.66. The molecule has 0 radical (unpaired) electrons. The second kappa shape index (κ2) is 7.51. The third-order valence-electron chi connectivity index (χ3n) is 5.44. The van der Waals surface area contributed by atoms with Gasteiger partial charge in [-0.1, -0.05) is 31.4 Å². The minimum atomic E-state index is -0.239. The molecule has 1 aliphatic rings. The maximum atomic E-state index is 14.7. The van der Waals surface area contributed by atoms with Crippen molar-refractivity contribution in [3.63, 3.8) is 0 Å². The van der Waals surface area contributed by atoms with Gasteiger partial charge in [0.15, 0.2) is 12.4 Å². The summed E-state index contributed by atoms with van der Waals surface area (Å²) < 4.78 is 18.8. The van der Waals surface area contributed by atoms with E-state index in [0.29, 0.717) is 23.5 Å². The fourth-order valence-corrected chi connectivity index (χ4v) is 3.86. The summed E-state index contributed by atoms with van der Waals surface area (Å²) in [6.45, 7) is 0.485. The molecule has 1 aromatic carbocycles. The van der Waals surface area contributed by atoms with Crippen LogP contribution in [0.2, 0.25) is 0 Å². The van der Waals surface area contributed by atoms with Crippen molar-refractivity contribution in [1.29, 1.82) is 0 Å². The van der Waals surface area contributed by atoms with Gasteiger partial charge in [0.1, 0.15) is 24.2 Å². The lowest BCUT2D eigenvalue weighted by molar-refractivity contribution is -0.670. The van der Waals surface area contributed by atoms with Crippen LogP contribution in [-0.2, 0) is 13.6 Å². The van der Waals surface area contributed by atoms with Crippen LogP contribution in [0.3, 0.4) is 0 Å². The van der Waals surface area contributed by atoms with Gasteiger partial charge in [-0.15, -0.1) is 0 Å². The van der Waals surface area contributed by atoms with Gasteiger partial charge in [-0.05, 0) is 25.0 Å². The van der Waals surface area contributed by atoms with Gasteiger partial charge >= 0.3 is 0 Å². The maximum absolute atomic E-state index is 14.7. The fourth-order valence-electron chi connectivity index (χ4n) is 3.86. The zero-order chi connectivity index (χ0) is 18.8. The number of hydrogen-bond acceptors (Lipinski definition) is 1. The molecule has 2 heterocycles. The zero-order valence-corrected chi connectivity index (χ0v) is 15.7. The molecular weight excluding hydrogens is 339 g/mol. The summed E-state index contributed by atoms with van der Waals surface area (Å²) in [6.07, 6.45) is 11.9. The summed E-state index contributed by atoms with van der Waals surface area (Å²) in [7, 11) is 1.99. The van der Waals surface area contributed by atoms with Gasteiger partial charge in [-0.2, -0.15) is 0 Å². The van der Waals surface area contributed by atoms with Crippen LogP contribution in [-0.4, -0.2) is 16.4 Å². The van der Waals surface area contributed by atoms with E-state index in [1.165, 1.54) is 25.3 Å². The number of aliphatic imine (C=N–C) groups is 1. The quantitative estimate of drug-likeness (QED) is 0.428. The van der Waals surface area contributed by atoms with Crippen molar-refractivity contribution in [2.24, 2.45) is 17.8 Å². The lowest BCUT2D eigenvalue weighted by atomic mass is 9.96. The highest BCUT2D eigenvalue weighted by molar-refractivity contribution is 5.97. The van der Waals surface area contributed by atoms with Crippen molar-refractivity contribution in [3.05, 3.63) is 65.9 Å². The Hall–Kier alpha value is -2.69. The molecular formula is C22H26FN4+. The Balaban J connectivity index is 1.56. The molecule has 0 aliphatic heterocycles. The van der Waals surface area contributed by atoms with Crippen molar-refractivity contribution < 1.29 is 8.96 Å². The van der Waals surface area contributed by atoms with Crippen LogP contribution in [0.25, 0.3) is 10.9 Å². The monoisotopic (exact) mass is 365 g/mol. The highest BCUT2D eigenvalue weighted by atomic mass is 19.1. The number of benzene rings is 1. The molecule has 4 rings (SSSR count). The van der Waals surface area contributed by atoms with Crippen molar-refractivity contribution in [3.8, 4) is 0 Å². The highest BCUT2D eigenvalue weighted by Crippen LogP contribution is 2.21. The van der Waals surface area contributed by atoms with Crippen LogP contribution in [0.4, 0.5) is 4.39 Å². The number of amidine groups is 1. The number of nitrogens with two attached hydrogens (primary N) is 1. The van der Waals surface area contributed by atoms with Crippen LogP contribution >= 0.6 is 0 Å². The predicted molar refractivity (Wildman–Crippen MR) is 106 cm³/mol. The molecule has 1 aliphatic carbocycles. The smallest absolute Gasteiger partial charge is 0.193 e. The normalized spacial score (nSPS) is 16.1. The summed E-state index contributed by atoms with van der Waals surface area (Å²) >= 11 is 0. The summed E-state index contributed by atoms with van der Waals surface area (Å²) in [5, 5.41) is 1.15. The van der Waals surface area contributed by atoms with Crippen LogP contribution in [0.5, 0.6) is 0 Å². The number of halogens is 1. The first kappa shape index (κ1) is 17.7. The number of aryl methyl sites for hydroxylation is 1. The number of pyridine rings is 1. The number of aromatic nitrogens is 2. The van der Waals surface area contributed by atoms with Gasteiger partial charge in [-0.25, -0.2) is 8.96 Å². The first-order valence-electron chi connectivity index (χ1n) is 9.66. The molecule has 0 bridgehead atoms. The van der Waals surface area contributed by atoms with Crippen LogP contribution in [0.15, 0.2) is 53.9 Å². The maximum Gasteiger partial charge on any atom is 0.193 e. The molecule has 0 spiro atoms. The topological polar surface area (TPSA) is 47.2 Å². The van der Waals surface area contributed by atoms with Crippen molar-refractivity contribution in [1.82, 2.24) is 4.57 Å². The van der Waals surface area contributed by atoms with Gasteiger partial charge < -0.3 is 10.3 Å². The van der Waals surface area contributed by atoms with E-state index < -0.39 is 0 Å². The van der Waals surface area contributed by atoms with Gasteiger partial charge in [0, 0.05) is 28.8 Å². The molecule has 1 saturated carbocycles. The van der Waals surface area contributed by atoms with E-state index >= 15 is 0 Å². The summed E-state index contributed by atoms with van der Waals surface area (Å²) in [6, 6.07) is 9.62. The molecule has 1 fully saturated rings. The Labute approximate surface area is 159 Å². The molecule has 27 heavy (non-hydrogen) atoms. The standard InChI is InChI=1S/C22H26FN4/c1-26-11-9-16-10-12-27(21(16)15-26)14-18-8-7-17(13-20(18)23)22(24)25-19-5-3-2-4-6-19/h7-13,15,19H,2-6,14H2,1H3,(H2,24,25)/q+1. The summed E-state index contributed by atoms with van der Waals surface area (Å²) in [4.78, 5) is 4.62. The number of fused-ring (bicyclic) bond motifs is 1. The van der Waals surface area contributed by atoms with Gasteiger partial charge in [0.25, 0.3) is 0 Å². The Morgan fingerprint density at radius 2 is 2.04 bits per heavy atom. The Morgan fingerprint density at radius 1 is 1.22 bits per heavy atom. The molecule has 5 heteroatoms. The molecule has 0 amide bonds. The van der Waals surface area contributed by atoms with Crippen LogP contribution in [0.1, 0.15) is 43.2 Å². The predicted octanol–water partition coefficient (Wildman–Crippen LogP) is 3.69. The SMILES string of the molecule is C[n+]1ccc2ccn(Cc3ccc(C(N)=NC4CCCCC4)cc3F)c2c1.